The normalized spacial score (nSPS) is 10.3. The summed E-state index contributed by atoms with van der Waals surface area (Å²) in [7, 11) is 0. The van der Waals surface area contributed by atoms with Gasteiger partial charge in [0.2, 0.25) is 5.95 Å². The molecule has 0 saturated heterocycles. The molecule has 11 heavy (non-hydrogen) atoms. The Balaban J connectivity index is 3.46. The summed E-state index contributed by atoms with van der Waals surface area (Å²) >= 11 is 5.59. The molecule has 0 aliphatic carbocycles. The van der Waals surface area contributed by atoms with Gasteiger partial charge in [0, 0.05) is 5.56 Å². The molecule has 1 nitrogen and oxygen atoms in total. The molecule has 0 atom stereocenters. The van der Waals surface area contributed by atoms with E-state index in [-0.39, 0.29) is 10.6 Å². The zero-order valence-corrected chi connectivity index (χ0v) is 6.84. The fourth-order valence-corrected chi connectivity index (χ4v) is 0.893. The molecule has 0 N–H and O–H groups in total. The third-order valence-electron chi connectivity index (χ3n) is 1.42. The van der Waals surface area contributed by atoms with Crippen molar-refractivity contribution < 1.29 is 8.78 Å². The molecule has 0 unspecified atom stereocenters. The second kappa shape index (κ2) is 2.74. The molecule has 0 radical (unpaired) electrons. The summed E-state index contributed by atoms with van der Waals surface area (Å²) in [6.07, 6.45) is 0. The number of pyridine rings is 1. The minimum Gasteiger partial charge on any atom is -0.221 e. The van der Waals surface area contributed by atoms with E-state index < -0.39 is 11.8 Å². The highest BCUT2D eigenvalue weighted by molar-refractivity contribution is 6.31. The van der Waals surface area contributed by atoms with Crippen molar-refractivity contribution in [1.82, 2.24) is 4.98 Å². The number of rotatable bonds is 0. The number of hydrogen-bond donors (Lipinski definition) is 0. The molecule has 1 rings (SSSR count). The van der Waals surface area contributed by atoms with Crippen LogP contribution in [0.3, 0.4) is 0 Å². The van der Waals surface area contributed by atoms with Gasteiger partial charge in [-0.25, -0.2) is 9.37 Å². The maximum Gasteiger partial charge on any atom is 0.249 e. The van der Waals surface area contributed by atoms with Gasteiger partial charge in [0.15, 0.2) is 5.82 Å². The van der Waals surface area contributed by atoms with E-state index in [0.29, 0.717) is 5.69 Å². The Morgan fingerprint density at radius 3 is 2.36 bits per heavy atom. The monoisotopic (exact) mass is 177 g/mol. The molecular weight excluding hydrogens is 172 g/mol. The molecule has 4 heteroatoms. The highest BCUT2D eigenvalue weighted by Crippen LogP contribution is 2.21. The quantitative estimate of drug-likeness (QED) is 0.555. The molecule has 0 bridgehead atoms. The molecule has 0 spiro atoms. The average Bonchev–Trinajstić information content (AvgIpc) is 1.97. The molecular formula is C7H6ClF2N. The van der Waals surface area contributed by atoms with E-state index in [4.69, 9.17) is 11.6 Å². The lowest BCUT2D eigenvalue weighted by Crippen LogP contribution is -1.97. The number of halogens is 3. The van der Waals surface area contributed by atoms with E-state index in [1.807, 2.05) is 0 Å². The third kappa shape index (κ3) is 1.33. The van der Waals surface area contributed by atoms with Crippen molar-refractivity contribution in [2.24, 2.45) is 0 Å². The van der Waals surface area contributed by atoms with Crippen LogP contribution in [0.5, 0.6) is 0 Å². The first-order valence-electron chi connectivity index (χ1n) is 3.01. The third-order valence-corrected chi connectivity index (χ3v) is 1.98. The van der Waals surface area contributed by atoms with Gasteiger partial charge < -0.3 is 0 Å². The summed E-state index contributed by atoms with van der Waals surface area (Å²) in [5, 5.41) is 0.184. The lowest BCUT2D eigenvalue weighted by Gasteiger charge is -2.02. The predicted octanol–water partition coefficient (Wildman–Crippen LogP) is 2.63. The van der Waals surface area contributed by atoms with Crippen LogP contribution in [-0.2, 0) is 0 Å². The molecule has 0 saturated carbocycles. The SMILES string of the molecule is Cc1nc(F)c(F)c(C)c1Cl. The number of aryl methyl sites for hydroxylation is 1. The van der Waals surface area contributed by atoms with E-state index in [9.17, 15) is 8.78 Å². The highest BCUT2D eigenvalue weighted by Gasteiger charge is 2.12. The molecule has 0 aliphatic rings. The van der Waals surface area contributed by atoms with Crippen molar-refractivity contribution in [3.63, 3.8) is 0 Å². The van der Waals surface area contributed by atoms with Gasteiger partial charge >= 0.3 is 0 Å². The van der Waals surface area contributed by atoms with Crippen LogP contribution < -0.4 is 0 Å². The minimum absolute atomic E-state index is 0.108. The maximum absolute atomic E-state index is 12.6. The summed E-state index contributed by atoms with van der Waals surface area (Å²) < 4.78 is 25.1. The van der Waals surface area contributed by atoms with E-state index in [1.165, 1.54) is 13.8 Å². The fraction of sp³-hybridized carbons (Fsp3) is 0.286. The summed E-state index contributed by atoms with van der Waals surface area (Å²) in [5.41, 5.74) is 0.416. The Kier molecular flexibility index (Phi) is 2.09. The van der Waals surface area contributed by atoms with E-state index in [2.05, 4.69) is 4.98 Å². The Bertz CT molecular complexity index is 273. The summed E-state index contributed by atoms with van der Waals surface area (Å²) in [6, 6.07) is 0. The smallest absolute Gasteiger partial charge is 0.221 e. The number of hydrogen-bond acceptors (Lipinski definition) is 1. The van der Waals surface area contributed by atoms with Crippen molar-refractivity contribution >= 4 is 11.6 Å². The summed E-state index contributed by atoms with van der Waals surface area (Å²) in [4.78, 5) is 3.26. The largest absolute Gasteiger partial charge is 0.249 e. The van der Waals surface area contributed by atoms with E-state index in [1.54, 1.807) is 0 Å². The number of aromatic nitrogens is 1. The fourth-order valence-electron chi connectivity index (χ4n) is 0.768. The summed E-state index contributed by atoms with van der Waals surface area (Å²) in [5.74, 6) is -2.06. The molecule has 1 aromatic heterocycles. The average molecular weight is 178 g/mol. The first-order valence-corrected chi connectivity index (χ1v) is 3.39. The molecule has 0 aliphatic heterocycles. The Labute approximate surface area is 68.0 Å². The highest BCUT2D eigenvalue weighted by atomic mass is 35.5. The van der Waals surface area contributed by atoms with Gasteiger partial charge in [-0.05, 0) is 13.8 Å². The molecule has 1 heterocycles. The van der Waals surface area contributed by atoms with Crippen molar-refractivity contribution in [1.29, 1.82) is 0 Å². The first-order chi connectivity index (χ1) is 5.04. The Morgan fingerprint density at radius 1 is 1.27 bits per heavy atom. The van der Waals surface area contributed by atoms with Crippen LogP contribution in [0, 0.1) is 25.6 Å². The van der Waals surface area contributed by atoms with Crippen LogP contribution >= 0.6 is 11.6 Å². The zero-order valence-electron chi connectivity index (χ0n) is 6.08. The van der Waals surface area contributed by atoms with E-state index in [0.717, 1.165) is 0 Å². The molecule has 0 aromatic carbocycles. The zero-order chi connectivity index (χ0) is 8.59. The lowest BCUT2D eigenvalue weighted by molar-refractivity contribution is 0.472. The second-order valence-electron chi connectivity index (χ2n) is 2.24. The number of nitrogens with zero attached hydrogens (tertiary/aromatic N) is 1. The Morgan fingerprint density at radius 2 is 1.82 bits per heavy atom. The standard InChI is InChI=1S/C7H6ClF2N/c1-3-5(8)4(2)11-7(10)6(3)9/h1-2H3. The Hall–Kier alpha value is -0.700. The van der Waals surface area contributed by atoms with Gasteiger partial charge in [-0.2, -0.15) is 4.39 Å². The van der Waals surface area contributed by atoms with Gasteiger partial charge in [-0.3, -0.25) is 0 Å². The van der Waals surface area contributed by atoms with Crippen LogP contribution in [-0.4, -0.2) is 4.98 Å². The molecule has 0 fully saturated rings. The lowest BCUT2D eigenvalue weighted by atomic mass is 10.2. The first kappa shape index (κ1) is 8.40. The van der Waals surface area contributed by atoms with Crippen molar-refractivity contribution in [2.45, 2.75) is 13.8 Å². The van der Waals surface area contributed by atoms with Crippen LogP contribution in [0.15, 0.2) is 0 Å². The van der Waals surface area contributed by atoms with Gasteiger partial charge in [-0.1, -0.05) is 11.6 Å². The van der Waals surface area contributed by atoms with Crippen molar-refractivity contribution in [3.8, 4) is 0 Å². The van der Waals surface area contributed by atoms with Crippen LogP contribution in [0.2, 0.25) is 5.02 Å². The van der Waals surface area contributed by atoms with Gasteiger partial charge in [-0.15, -0.1) is 0 Å². The second-order valence-corrected chi connectivity index (χ2v) is 2.62. The van der Waals surface area contributed by atoms with Gasteiger partial charge in [0.25, 0.3) is 0 Å². The van der Waals surface area contributed by atoms with Crippen LogP contribution in [0.4, 0.5) is 8.78 Å². The van der Waals surface area contributed by atoms with Crippen molar-refractivity contribution in [3.05, 3.63) is 28.0 Å². The van der Waals surface area contributed by atoms with Crippen molar-refractivity contribution in [2.75, 3.05) is 0 Å². The van der Waals surface area contributed by atoms with Gasteiger partial charge in [0.05, 0.1) is 10.7 Å². The van der Waals surface area contributed by atoms with Crippen LogP contribution in [0.25, 0.3) is 0 Å². The van der Waals surface area contributed by atoms with E-state index >= 15 is 0 Å². The predicted molar refractivity (Wildman–Crippen MR) is 38.6 cm³/mol. The molecule has 0 amide bonds. The molecule has 60 valence electrons. The topological polar surface area (TPSA) is 12.9 Å². The van der Waals surface area contributed by atoms with Gasteiger partial charge in [0.1, 0.15) is 0 Å². The van der Waals surface area contributed by atoms with Crippen LogP contribution in [0.1, 0.15) is 11.3 Å². The minimum atomic E-state index is -1.09. The summed E-state index contributed by atoms with van der Waals surface area (Å²) in [6.45, 7) is 2.94. The molecule has 1 aromatic rings. The maximum atomic E-state index is 12.6.